The molecule has 0 aromatic carbocycles. The minimum atomic E-state index is -4.81. The van der Waals surface area contributed by atoms with E-state index >= 15 is 0 Å². The van der Waals surface area contributed by atoms with Crippen LogP contribution in [0.5, 0.6) is 0 Å². The number of hydrogen-bond donors (Lipinski definition) is 0. The topological polar surface area (TPSA) is 9.23 Å². The first-order chi connectivity index (χ1) is 13.8. The summed E-state index contributed by atoms with van der Waals surface area (Å²) in [5, 5.41) is 0. The molecule has 1 unspecified atom stereocenters. The van der Waals surface area contributed by atoms with Gasteiger partial charge in [0.25, 0.3) is 0 Å². The minimum Gasteiger partial charge on any atom is -0.308 e. The Morgan fingerprint density at radius 2 is 1.62 bits per heavy atom. The van der Waals surface area contributed by atoms with Crippen LogP contribution < -0.4 is 0 Å². The lowest BCUT2D eigenvalue weighted by molar-refractivity contribution is -0.358. The van der Waals surface area contributed by atoms with Gasteiger partial charge in [-0.3, -0.25) is 0 Å². The highest BCUT2D eigenvalue weighted by molar-refractivity contribution is 5.27. The van der Waals surface area contributed by atoms with Gasteiger partial charge in [-0.1, -0.05) is 70.1 Å². The lowest BCUT2D eigenvalue weighted by Gasteiger charge is -2.32. The molecule has 0 heterocycles. The van der Waals surface area contributed by atoms with Crippen molar-refractivity contribution in [3.63, 3.8) is 0 Å². The van der Waals surface area contributed by atoms with Crippen molar-refractivity contribution in [2.24, 2.45) is 11.8 Å². The normalized spacial score (nSPS) is 25.9. The second kappa shape index (κ2) is 11.5. The molecule has 1 fully saturated rings. The van der Waals surface area contributed by atoms with Crippen LogP contribution in [0, 0.1) is 11.8 Å². The predicted octanol–water partition coefficient (Wildman–Crippen LogP) is 8.01. The van der Waals surface area contributed by atoms with Gasteiger partial charge < -0.3 is 4.74 Å². The van der Waals surface area contributed by atoms with Crippen molar-refractivity contribution >= 4 is 0 Å². The fourth-order valence-electron chi connectivity index (χ4n) is 4.36. The van der Waals surface area contributed by atoms with E-state index in [9.17, 15) is 22.0 Å². The van der Waals surface area contributed by atoms with E-state index in [1.807, 2.05) is 6.08 Å². The predicted molar refractivity (Wildman–Crippen MR) is 106 cm³/mol. The van der Waals surface area contributed by atoms with Crippen molar-refractivity contribution in [3.8, 4) is 0 Å². The molecular weight excluding hydrogens is 387 g/mol. The number of hydrogen-bond acceptors (Lipinski definition) is 1. The van der Waals surface area contributed by atoms with Gasteiger partial charge in [0.15, 0.2) is 6.67 Å². The van der Waals surface area contributed by atoms with Crippen LogP contribution in [0.15, 0.2) is 23.8 Å². The summed E-state index contributed by atoms with van der Waals surface area (Å²) in [6, 6.07) is 0. The molecule has 0 aromatic heterocycles. The summed E-state index contributed by atoms with van der Waals surface area (Å²) in [6.45, 7) is -0.220. The summed E-state index contributed by atoms with van der Waals surface area (Å²) in [4.78, 5) is 0. The summed E-state index contributed by atoms with van der Waals surface area (Å²) in [6.07, 6.45) is 12.8. The van der Waals surface area contributed by atoms with Crippen LogP contribution in [0.1, 0.15) is 84.0 Å². The molecule has 1 atom stereocenters. The van der Waals surface area contributed by atoms with E-state index in [0.29, 0.717) is 5.92 Å². The van der Waals surface area contributed by atoms with Gasteiger partial charge in [-0.25, -0.2) is 4.39 Å². The van der Waals surface area contributed by atoms with Crippen LogP contribution >= 0.6 is 0 Å². The van der Waals surface area contributed by atoms with Gasteiger partial charge in [0.05, 0.1) is 6.10 Å². The monoisotopic (exact) mass is 422 g/mol. The van der Waals surface area contributed by atoms with E-state index in [2.05, 4.69) is 11.7 Å². The first-order valence-corrected chi connectivity index (χ1v) is 11.2. The van der Waals surface area contributed by atoms with Gasteiger partial charge in [-0.2, -0.15) is 17.6 Å². The summed E-state index contributed by atoms with van der Waals surface area (Å²) in [5.74, 6) is -3.62. The molecule has 0 amide bonds. The minimum absolute atomic E-state index is 0.113. The summed E-state index contributed by atoms with van der Waals surface area (Å²) < 4.78 is 69.1. The van der Waals surface area contributed by atoms with Gasteiger partial charge in [-0.15, -0.1) is 0 Å². The van der Waals surface area contributed by atoms with E-state index in [0.717, 1.165) is 24.3 Å². The second-order valence-corrected chi connectivity index (χ2v) is 8.58. The lowest BCUT2D eigenvalue weighted by atomic mass is 9.76. The molecule has 2 aliphatic carbocycles. The number of rotatable bonds is 12. The smallest absolute Gasteiger partial charge is 0.308 e. The molecule has 2 rings (SSSR count). The summed E-state index contributed by atoms with van der Waals surface area (Å²) >= 11 is 0. The van der Waals surface area contributed by atoms with Crippen LogP contribution in [0.3, 0.4) is 0 Å². The Kier molecular flexibility index (Phi) is 9.64. The summed E-state index contributed by atoms with van der Waals surface area (Å²) in [5.41, 5.74) is 1.09. The van der Waals surface area contributed by atoms with Crippen LogP contribution in [-0.2, 0) is 4.74 Å². The second-order valence-electron chi connectivity index (χ2n) is 8.58. The van der Waals surface area contributed by atoms with Gasteiger partial charge >= 0.3 is 12.0 Å². The SMILES string of the molecule is CCCCCCCCC1CCC(C2=CCC(OC(F)(F)C(F)(F)CF)C=C2)CC1. The average Bonchev–Trinajstić information content (AvgIpc) is 2.71. The van der Waals surface area contributed by atoms with E-state index in [-0.39, 0.29) is 6.42 Å². The highest BCUT2D eigenvalue weighted by Gasteiger charge is 2.59. The third kappa shape index (κ3) is 7.37. The van der Waals surface area contributed by atoms with Crippen molar-refractivity contribution in [2.75, 3.05) is 6.67 Å². The number of unbranched alkanes of at least 4 members (excludes halogenated alkanes) is 5. The molecule has 0 saturated heterocycles. The standard InChI is InChI=1S/C23H35F5O/c1-2-3-4-5-6-7-8-18-9-11-19(12-10-18)20-13-15-21(16-14-20)29-23(27,28)22(25,26)17-24/h13-15,18-19,21H,2-12,16-17H2,1H3. The molecule has 0 N–H and O–H groups in total. The molecule has 29 heavy (non-hydrogen) atoms. The molecule has 0 spiro atoms. The van der Waals surface area contributed by atoms with Gasteiger partial charge in [-0.05, 0) is 49.5 Å². The Bertz CT molecular complexity index is 535. The van der Waals surface area contributed by atoms with Gasteiger partial charge in [0.2, 0.25) is 0 Å². The highest BCUT2D eigenvalue weighted by Crippen LogP contribution is 2.40. The quantitative estimate of drug-likeness (QED) is 0.229. The van der Waals surface area contributed by atoms with E-state index in [4.69, 9.17) is 0 Å². The third-order valence-corrected chi connectivity index (χ3v) is 6.27. The number of alkyl halides is 5. The van der Waals surface area contributed by atoms with Gasteiger partial charge in [0, 0.05) is 0 Å². The largest absolute Gasteiger partial charge is 0.422 e. The summed E-state index contributed by atoms with van der Waals surface area (Å²) in [7, 11) is 0. The van der Waals surface area contributed by atoms with Crippen LogP contribution in [0.4, 0.5) is 22.0 Å². The Balaban J connectivity index is 1.69. The third-order valence-electron chi connectivity index (χ3n) is 6.27. The molecule has 6 heteroatoms. The molecule has 168 valence electrons. The molecule has 0 bridgehead atoms. The Morgan fingerprint density at radius 3 is 2.21 bits per heavy atom. The van der Waals surface area contributed by atoms with E-state index < -0.39 is 24.8 Å². The Hall–Kier alpha value is -0.910. The van der Waals surface area contributed by atoms with Crippen molar-refractivity contribution < 1.29 is 26.7 Å². The maximum absolute atomic E-state index is 13.4. The number of ether oxygens (including phenoxy) is 1. The zero-order valence-electron chi connectivity index (χ0n) is 17.5. The lowest BCUT2D eigenvalue weighted by Crippen LogP contribution is -2.46. The van der Waals surface area contributed by atoms with Gasteiger partial charge in [0.1, 0.15) is 0 Å². The molecule has 0 aromatic rings. The molecular formula is C23H35F5O. The Morgan fingerprint density at radius 1 is 0.966 bits per heavy atom. The van der Waals surface area contributed by atoms with Crippen molar-refractivity contribution in [1.82, 2.24) is 0 Å². The molecule has 2 aliphatic rings. The van der Waals surface area contributed by atoms with Crippen LogP contribution in [0.2, 0.25) is 0 Å². The van der Waals surface area contributed by atoms with Crippen LogP contribution in [0.25, 0.3) is 0 Å². The number of allylic oxidation sites excluding steroid dienone is 2. The highest BCUT2D eigenvalue weighted by atomic mass is 19.3. The van der Waals surface area contributed by atoms with Crippen molar-refractivity contribution in [3.05, 3.63) is 23.8 Å². The van der Waals surface area contributed by atoms with Crippen LogP contribution in [-0.4, -0.2) is 24.8 Å². The van der Waals surface area contributed by atoms with E-state index in [1.54, 1.807) is 6.08 Å². The zero-order valence-corrected chi connectivity index (χ0v) is 17.5. The fourth-order valence-corrected chi connectivity index (χ4v) is 4.36. The number of halogens is 5. The first kappa shape index (κ1) is 24.4. The average molecular weight is 423 g/mol. The van der Waals surface area contributed by atoms with Crippen molar-refractivity contribution in [2.45, 2.75) is 102 Å². The molecule has 0 aliphatic heterocycles. The Labute approximate surface area is 171 Å². The fraction of sp³-hybridized carbons (Fsp3) is 0.826. The molecule has 1 nitrogen and oxygen atoms in total. The molecule has 0 radical (unpaired) electrons. The maximum Gasteiger partial charge on any atom is 0.422 e. The first-order valence-electron chi connectivity index (χ1n) is 11.2. The molecule has 1 saturated carbocycles. The van der Waals surface area contributed by atoms with Crippen molar-refractivity contribution in [1.29, 1.82) is 0 Å². The maximum atomic E-state index is 13.4. The zero-order chi connectivity index (χ0) is 21.3. The van der Waals surface area contributed by atoms with E-state index in [1.165, 1.54) is 63.9 Å².